The van der Waals surface area contributed by atoms with Crippen LogP contribution in [0.4, 0.5) is 24.7 Å². The maximum atomic E-state index is 12.9. The van der Waals surface area contributed by atoms with E-state index in [-0.39, 0.29) is 5.52 Å². The first-order chi connectivity index (χ1) is 13.4. The number of alkyl halides is 3. The number of nitrogens with zero attached hydrogens (tertiary/aromatic N) is 3. The first kappa shape index (κ1) is 18.2. The number of nitrogens with one attached hydrogen (secondary N) is 1. The summed E-state index contributed by atoms with van der Waals surface area (Å²) >= 11 is 6.29. The number of hydrogen-bond acceptors (Lipinski definition) is 4. The number of fused-ring (bicyclic) bond motifs is 1. The van der Waals surface area contributed by atoms with Gasteiger partial charge >= 0.3 is 6.18 Å². The number of rotatable bonds is 3. The Morgan fingerprint density at radius 3 is 2.50 bits per heavy atom. The van der Waals surface area contributed by atoms with E-state index in [0.29, 0.717) is 27.6 Å². The molecule has 0 bridgehead atoms. The Bertz CT molecular complexity index is 1150. The summed E-state index contributed by atoms with van der Waals surface area (Å²) in [5.74, 6) is 0.396. The van der Waals surface area contributed by atoms with Crippen molar-refractivity contribution in [2.24, 2.45) is 0 Å². The van der Waals surface area contributed by atoms with Crippen molar-refractivity contribution in [2.75, 3.05) is 5.32 Å². The van der Waals surface area contributed by atoms with Crippen molar-refractivity contribution >= 4 is 34.0 Å². The molecule has 4 nitrogen and oxygen atoms in total. The van der Waals surface area contributed by atoms with E-state index in [1.807, 2.05) is 24.3 Å². The van der Waals surface area contributed by atoms with Crippen molar-refractivity contribution in [2.45, 2.75) is 6.18 Å². The Hall–Kier alpha value is -3.19. The molecule has 0 amide bonds. The third-order valence-corrected chi connectivity index (χ3v) is 4.46. The Balaban J connectivity index is 1.73. The first-order valence-electron chi connectivity index (χ1n) is 8.22. The normalized spacial score (nSPS) is 11.6. The Kier molecular flexibility index (Phi) is 4.60. The molecule has 0 radical (unpaired) electrons. The molecule has 140 valence electrons. The van der Waals surface area contributed by atoms with Crippen LogP contribution in [0.5, 0.6) is 0 Å². The molecule has 0 saturated heterocycles. The zero-order valence-corrected chi connectivity index (χ0v) is 15.0. The fourth-order valence-electron chi connectivity index (χ4n) is 2.79. The summed E-state index contributed by atoms with van der Waals surface area (Å²) in [6, 6.07) is 14.2. The van der Waals surface area contributed by atoms with E-state index in [0.717, 1.165) is 17.7 Å². The van der Waals surface area contributed by atoms with Gasteiger partial charge in [-0.05, 0) is 48.5 Å². The predicted octanol–water partition coefficient (Wildman–Crippen LogP) is 6.11. The zero-order valence-electron chi connectivity index (χ0n) is 14.2. The van der Waals surface area contributed by atoms with Crippen molar-refractivity contribution in [3.05, 3.63) is 77.7 Å². The average Bonchev–Trinajstić information content (AvgIpc) is 2.69. The lowest BCUT2D eigenvalue weighted by atomic mass is 10.1. The van der Waals surface area contributed by atoms with Crippen LogP contribution in [0.25, 0.3) is 22.2 Å². The topological polar surface area (TPSA) is 50.7 Å². The fraction of sp³-hybridized carbons (Fsp3) is 0.0500. The monoisotopic (exact) mass is 400 g/mol. The molecule has 4 aromatic rings. The van der Waals surface area contributed by atoms with Gasteiger partial charge in [-0.3, -0.25) is 4.98 Å². The summed E-state index contributed by atoms with van der Waals surface area (Å²) in [4.78, 5) is 12.4. The highest BCUT2D eigenvalue weighted by Gasteiger charge is 2.30. The van der Waals surface area contributed by atoms with Crippen LogP contribution in [-0.2, 0) is 6.18 Å². The number of anilines is 2. The third-order valence-electron chi connectivity index (χ3n) is 4.13. The van der Waals surface area contributed by atoms with E-state index in [4.69, 9.17) is 11.6 Å². The minimum absolute atomic E-state index is 0.200. The van der Waals surface area contributed by atoms with Gasteiger partial charge in [-0.2, -0.15) is 13.2 Å². The number of aromatic nitrogens is 3. The molecule has 2 aromatic carbocycles. The Labute approximate surface area is 163 Å². The minimum atomic E-state index is -4.43. The van der Waals surface area contributed by atoms with Crippen LogP contribution in [-0.4, -0.2) is 15.0 Å². The molecule has 0 fully saturated rings. The van der Waals surface area contributed by atoms with E-state index in [1.54, 1.807) is 18.3 Å². The molecule has 0 aliphatic carbocycles. The van der Waals surface area contributed by atoms with Crippen LogP contribution in [0.1, 0.15) is 5.56 Å². The predicted molar refractivity (Wildman–Crippen MR) is 103 cm³/mol. The molecule has 4 rings (SSSR count). The van der Waals surface area contributed by atoms with Gasteiger partial charge < -0.3 is 5.32 Å². The highest BCUT2D eigenvalue weighted by atomic mass is 35.5. The number of halogens is 4. The lowest BCUT2D eigenvalue weighted by molar-refractivity contribution is -0.137. The Morgan fingerprint density at radius 1 is 0.893 bits per heavy atom. The molecule has 0 atom stereocenters. The van der Waals surface area contributed by atoms with E-state index >= 15 is 0 Å². The summed E-state index contributed by atoms with van der Waals surface area (Å²) in [7, 11) is 0. The molecule has 28 heavy (non-hydrogen) atoms. The highest BCUT2D eigenvalue weighted by Crippen LogP contribution is 2.34. The summed E-state index contributed by atoms with van der Waals surface area (Å²) in [5.41, 5.74) is 1.55. The van der Waals surface area contributed by atoms with Crippen molar-refractivity contribution < 1.29 is 13.2 Å². The first-order valence-corrected chi connectivity index (χ1v) is 8.59. The minimum Gasteiger partial charge on any atom is -0.340 e. The summed E-state index contributed by atoms with van der Waals surface area (Å²) in [6.07, 6.45) is -1.54. The molecule has 2 heterocycles. The van der Waals surface area contributed by atoms with Gasteiger partial charge in [0.15, 0.2) is 0 Å². The van der Waals surface area contributed by atoms with Crippen molar-refractivity contribution in [1.82, 2.24) is 15.0 Å². The van der Waals surface area contributed by atoms with Crippen LogP contribution in [0.2, 0.25) is 5.02 Å². The van der Waals surface area contributed by atoms with Gasteiger partial charge in [0.25, 0.3) is 0 Å². The van der Waals surface area contributed by atoms with Gasteiger partial charge in [0.1, 0.15) is 12.1 Å². The molecule has 1 N–H and O–H groups in total. The number of benzene rings is 2. The summed E-state index contributed by atoms with van der Waals surface area (Å²) < 4.78 is 38.8. The van der Waals surface area contributed by atoms with Gasteiger partial charge in [-0.1, -0.05) is 17.7 Å². The van der Waals surface area contributed by atoms with Crippen LogP contribution < -0.4 is 5.32 Å². The second-order valence-electron chi connectivity index (χ2n) is 5.99. The van der Waals surface area contributed by atoms with Gasteiger partial charge in [0.05, 0.1) is 21.8 Å². The Morgan fingerprint density at radius 2 is 1.75 bits per heavy atom. The summed E-state index contributed by atoms with van der Waals surface area (Å²) in [6.45, 7) is 0. The molecule has 0 saturated carbocycles. The van der Waals surface area contributed by atoms with Crippen LogP contribution in [0, 0.1) is 0 Å². The maximum Gasteiger partial charge on any atom is 0.416 e. The molecule has 8 heteroatoms. The molecule has 0 unspecified atom stereocenters. The van der Waals surface area contributed by atoms with Crippen molar-refractivity contribution in [3.63, 3.8) is 0 Å². The fourth-order valence-corrected chi connectivity index (χ4v) is 3.01. The van der Waals surface area contributed by atoms with Crippen LogP contribution >= 0.6 is 11.6 Å². The van der Waals surface area contributed by atoms with Crippen LogP contribution in [0.15, 0.2) is 67.1 Å². The molecule has 0 aliphatic rings. The molecular weight excluding hydrogens is 389 g/mol. The van der Waals surface area contributed by atoms with Crippen molar-refractivity contribution in [3.8, 4) is 11.3 Å². The lowest BCUT2D eigenvalue weighted by Crippen LogP contribution is -2.05. The largest absolute Gasteiger partial charge is 0.416 e. The quantitative estimate of drug-likeness (QED) is 0.451. The van der Waals surface area contributed by atoms with E-state index < -0.39 is 11.7 Å². The second kappa shape index (κ2) is 7.09. The number of pyridine rings is 1. The standard InChI is InChI=1S/C20H12ClF3N4/c21-16-7-5-13(10-15(16)17-3-1-2-8-25-17)28-19-14-6-4-12(20(22,23)24)9-18(14)26-11-27-19/h1-11H,(H,26,27,28). The molecule has 0 spiro atoms. The van der Waals surface area contributed by atoms with E-state index in [2.05, 4.69) is 20.3 Å². The van der Waals surface area contributed by atoms with E-state index in [9.17, 15) is 13.2 Å². The smallest absolute Gasteiger partial charge is 0.340 e. The maximum absolute atomic E-state index is 12.9. The van der Waals surface area contributed by atoms with Crippen LogP contribution in [0.3, 0.4) is 0 Å². The molecule has 0 aliphatic heterocycles. The molecular formula is C20H12ClF3N4. The van der Waals surface area contributed by atoms with Gasteiger partial charge in [0.2, 0.25) is 0 Å². The highest BCUT2D eigenvalue weighted by molar-refractivity contribution is 6.33. The van der Waals surface area contributed by atoms with Gasteiger partial charge in [-0.25, -0.2) is 9.97 Å². The van der Waals surface area contributed by atoms with E-state index in [1.165, 1.54) is 12.4 Å². The SMILES string of the molecule is FC(F)(F)c1ccc2c(Nc3ccc(Cl)c(-c4ccccn4)c3)ncnc2c1. The number of hydrogen-bond donors (Lipinski definition) is 1. The third kappa shape index (κ3) is 3.61. The van der Waals surface area contributed by atoms with Gasteiger partial charge in [0, 0.05) is 22.8 Å². The molecule has 2 aromatic heterocycles. The summed E-state index contributed by atoms with van der Waals surface area (Å²) in [5, 5.41) is 4.13. The lowest BCUT2D eigenvalue weighted by Gasteiger charge is -2.12. The second-order valence-corrected chi connectivity index (χ2v) is 6.39. The average molecular weight is 401 g/mol. The zero-order chi connectivity index (χ0) is 19.7. The van der Waals surface area contributed by atoms with Crippen molar-refractivity contribution in [1.29, 1.82) is 0 Å². The van der Waals surface area contributed by atoms with Gasteiger partial charge in [-0.15, -0.1) is 0 Å².